The topological polar surface area (TPSA) is 103 Å². The Morgan fingerprint density at radius 2 is 1.08 bits per heavy atom. The molecule has 0 saturated heterocycles. The van der Waals surface area contributed by atoms with Gasteiger partial charge in [-0.25, -0.2) is 0 Å². The Bertz CT molecular complexity index is 235. The minimum Gasteiger partial charge on any atom is -0.196 e. The lowest BCUT2D eigenvalue weighted by Crippen LogP contribution is -2.17. The van der Waals surface area contributed by atoms with Crippen LogP contribution in [-0.2, 0) is 0 Å². The molecule has 0 spiro atoms. The molecule has 0 aromatic rings. The molecule has 0 saturated carbocycles. The maximum Gasteiger partial charge on any atom is 0.162 e. The van der Waals surface area contributed by atoms with E-state index in [9.17, 15) is 0 Å². The van der Waals surface area contributed by atoms with Crippen molar-refractivity contribution < 1.29 is 0 Å². The Morgan fingerprint density at radius 3 is 1.23 bits per heavy atom. The van der Waals surface area contributed by atoms with E-state index in [4.69, 9.17) is 10.5 Å². The second-order valence-corrected chi connectivity index (χ2v) is 3.54. The molecule has 0 rings (SSSR count). The number of nitrogens with zero attached hydrogens (tertiary/aromatic N) is 5. The summed E-state index contributed by atoms with van der Waals surface area (Å²) in [4.78, 5) is 0. The molecule has 13 heavy (non-hydrogen) atoms. The SMILES string of the molecule is CC(C)(C#N)N=NC(C)(C)C#N.[N]. The Labute approximate surface area is 78.7 Å². The van der Waals surface area contributed by atoms with Crippen LogP contribution in [0.3, 0.4) is 0 Å². The molecule has 0 aromatic carbocycles. The van der Waals surface area contributed by atoms with Crippen molar-refractivity contribution in [1.29, 1.82) is 10.5 Å². The monoisotopic (exact) mass is 178 g/mol. The molecule has 5 heteroatoms. The van der Waals surface area contributed by atoms with Crippen LogP contribution in [0.25, 0.3) is 0 Å². The third-order valence-electron chi connectivity index (χ3n) is 1.10. The highest BCUT2D eigenvalue weighted by Crippen LogP contribution is 2.13. The molecule has 0 aliphatic rings. The summed E-state index contributed by atoms with van der Waals surface area (Å²) in [6.07, 6.45) is 0. The van der Waals surface area contributed by atoms with Crippen molar-refractivity contribution in [2.24, 2.45) is 10.2 Å². The molecule has 0 amide bonds. The lowest BCUT2D eigenvalue weighted by molar-refractivity contribution is 0.541. The Hall–Kier alpha value is -1.46. The molecule has 0 N–H and O–H groups in total. The van der Waals surface area contributed by atoms with Gasteiger partial charge in [-0.05, 0) is 27.7 Å². The van der Waals surface area contributed by atoms with Gasteiger partial charge in [-0.15, -0.1) is 0 Å². The summed E-state index contributed by atoms with van der Waals surface area (Å²) in [5.41, 5.74) is -1.68. The summed E-state index contributed by atoms with van der Waals surface area (Å²) >= 11 is 0. The van der Waals surface area contributed by atoms with E-state index >= 15 is 0 Å². The predicted octanol–water partition coefficient (Wildman–Crippen LogP) is 1.56. The van der Waals surface area contributed by atoms with Gasteiger partial charge in [-0.2, -0.15) is 20.8 Å². The van der Waals surface area contributed by atoms with Gasteiger partial charge in [-0.3, -0.25) is 0 Å². The van der Waals surface area contributed by atoms with Crippen LogP contribution in [-0.4, -0.2) is 11.1 Å². The van der Waals surface area contributed by atoms with Crippen LogP contribution in [0.15, 0.2) is 10.2 Å². The lowest BCUT2D eigenvalue weighted by atomic mass is 10.1. The smallest absolute Gasteiger partial charge is 0.162 e. The fraction of sp³-hybridized carbons (Fsp3) is 0.750. The first-order chi connectivity index (χ1) is 5.33. The van der Waals surface area contributed by atoms with E-state index in [1.165, 1.54) is 0 Å². The lowest BCUT2D eigenvalue weighted by Gasteiger charge is -2.11. The summed E-state index contributed by atoms with van der Waals surface area (Å²) < 4.78 is 0. The van der Waals surface area contributed by atoms with Crippen molar-refractivity contribution in [3.63, 3.8) is 0 Å². The van der Waals surface area contributed by atoms with E-state index in [0.29, 0.717) is 0 Å². The van der Waals surface area contributed by atoms with Crippen molar-refractivity contribution in [2.45, 2.75) is 38.8 Å². The molecule has 0 aliphatic heterocycles. The first kappa shape index (κ1) is 14.1. The van der Waals surface area contributed by atoms with Crippen LogP contribution < -0.4 is 6.15 Å². The van der Waals surface area contributed by atoms with Gasteiger partial charge in [0.25, 0.3) is 0 Å². The van der Waals surface area contributed by atoms with Gasteiger partial charge in [0.2, 0.25) is 0 Å². The molecule has 0 bridgehead atoms. The van der Waals surface area contributed by atoms with Crippen molar-refractivity contribution in [2.75, 3.05) is 0 Å². The quantitative estimate of drug-likeness (QED) is 0.599. The summed E-state index contributed by atoms with van der Waals surface area (Å²) in [6.45, 7) is 6.57. The highest BCUT2D eigenvalue weighted by molar-refractivity contribution is 5.03. The Kier molecular flexibility index (Phi) is 4.92. The minimum absolute atomic E-state index is 0. The van der Waals surface area contributed by atoms with Crippen molar-refractivity contribution in [3.8, 4) is 12.1 Å². The van der Waals surface area contributed by atoms with Crippen LogP contribution in [0.2, 0.25) is 0 Å². The van der Waals surface area contributed by atoms with Crippen molar-refractivity contribution in [3.05, 3.63) is 0 Å². The normalized spacial score (nSPS) is 11.5. The zero-order valence-corrected chi connectivity index (χ0v) is 8.24. The van der Waals surface area contributed by atoms with E-state index in [1.807, 2.05) is 12.1 Å². The number of hydrogen-bond acceptors (Lipinski definition) is 4. The zero-order chi connectivity index (χ0) is 9.83. The van der Waals surface area contributed by atoms with Gasteiger partial charge >= 0.3 is 0 Å². The summed E-state index contributed by atoms with van der Waals surface area (Å²) in [6, 6.07) is 3.94. The van der Waals surface area contributed by atoms with Crippen LogP contribution in [0.1, 0.15) is 27.7 Å². The maximum absolute atomic E-state index is 8.58. The molecule has 0 aromatic heterocycles. The molecule has 0 atom stereocenters. The molecule has 0 heterocycles. The molecular formula is C8H12N5. The Balaban J connectivity index is 0. The van der Waals surface area contributed by atoms with E-state index < -0.39 is 11.1 Å². The van der Waals surface area contributed by atoms with Gasteiger partial charge < -0.3 is 0 Å². The maximum atomic E-state index is 8.58. The summed E-state index contributed by atoms with van der Waals surface area (Å²) in [5, 5.41) is 24.7. The van der Waals surface area contributed by atoms with Gasteiger partial charge in [0.15, 0.2) is 11.1 Å². The largest absolute Gasteiger partial charge is 0.196 e. The second-order valence-electron chi connectivity index (χ2n) is 3.54. The zero-order valence-electron chi connectivity index (χ0n) is 8.24. The van der Waals surface area contributed by atoms with Gasteiger partial charge in [0.05, 0.1) is 12.1 Å². The molecule has 3 radical (unpaired) electrons. The average molecular weight is 178 g/mol. The van der Waals surface area contributed by atoms with Crippen molar-refractivity contribution >= 4 is 0 Å². The third kappa shape index (κ3) is 5.77. The molecule has 0 fully saturated rings. The van der Waals surface area contributed by atoms with Crippen LogP contribution >= 0.6 is 0 Å². The van der Waals surface area contributed by atoms with Gasteiger partial charge in [-0.1, -0.05) is 0 Å². The molecular weight excluding hydrogens is 166 g/mol. The predicted molar refractivity (Wildman–Crippen MR) is 46.4 cm³/mol. The molecule has 0 aliphatic carbocycles. The van der Waals surface area contributed by atoms with Gasteiger partial charge in [0, 0.05) is 6.15 Å². The Morgan fingerprint density at radius 1 is 0.846 bits per heavy atom. The van der Waals surface area contributed by atoms with Gasteiger partial charge in [0.1, 0.15) is 0 Å². The highest BCUT2D eigenvalue weighted by atomic mass is 15.2. The molecule has 5 nitrogen and oxygen atoms in total. The number of nitriles is 2. The van der Waals surface area contributed by atoms with E-state index in [1.54, 1.807) is 27.7 Å². The highest BCUT2D eigenvalue weighted by Gasteiger charge is 2.19. The van der Waals surface area contributed by atoms with Crippen LogP contribution in [0.5, 0.6) is 0 Å². The van der Waals surface area contributed by atoms with E-state index in [-0.39, 0.29) is 6.15 Å². The molecule has 0 unspecified atom stereocenters. The fourth-order valence-electron chi connectivity index (χ4n) is 0.295. The first-order valence-corrected chi connectivity index (χ1v) is 3.59. The number of rotatable bonds is 2. The number of hydrogen-bond donors (Lipinski definition) is 0. The average Bonchev–Trinajstić information content (AvgIpc) is 2.02. The van der Waals surface area contributed by atoms with Crippen molar-refractivity contribution in [1.82, 2.24) is 6.15 Å². The summed E-state index contributed by atoms with van der Waals surface area (Å²) in [7, 11) is 0. The summed E-state index contributed by atoms with van der Waals surface area (Å²) in [5.74, 6) is 0. The minimum atomic E-state index is -0.839. The van der Waals surface area contributed by atoms with Crippen LogP contribution in [0.4, 0.5) is 0 Å². The molecule has 69 valence electrons. The van der Waals surface area contributed by atoms with Crippen LogP contribution in [0, 0.1) is 22.7 Å². The first-order valence-electron chi connectivity index (χ1n) is 3.59. The van der Waals surface area contributed by atoms with E-state index in [0.717, 1.165) is 0 Å². The third-order valence-corrected chi connectivity index (χ3v) is 1.10. The standard InChI is InChI=1S/C8H12N4.N/c1-7(2,5-9)11-12-8(3,4)6-10;/h1-4H3;. The second kappa shape index (κ2) is 4.54. The van der Waals surface area contributed by atoms with E-state index in [2.05, 4.69) is 10.2 Å². The number of azo groups is 1. The fourth-order valence-corrected chi connectivity index (χ4v) is 0.295.